The number of carbonyl (C=O) groups is 3. The molecule has 1 amide bonds. The summed E-state index contributed by atoms with van der Waals surface area (Å²) in [5.41, 5.74) is 4.81. The maximum absolute atomic E-state index is 10.6. The van der Waals surface area contributed by atoms with Crippen LogP contribution < -0.4 is 11.1 Å². The number of hydrogen-bond acceptors (Lipinski definition) is 4. The van der Waals surface area contributed by atoms with E-state index in [-0.39, 0.29) is 47.4 Å². The Labute approximate surface area is 153 Å². The van der Waals surface area contributed by atoms with Crippen LogP contribution in [0, 0.1) is 6.92 Å². The number of carboxylic acids is 2. The Kier molecular flexibility index (Phi) is 16.6. The number of carbonyl (C=O) groups excluding carboxylic acids is 1. The zero-order valence-electron chi connectivity index (χ0n) is 13.6. The highest BCUT2D eigenvalue weighted by Gasteiger charge is 2.13. The number of amides is 1. The average Bonchev–Trinajstić information content (AvgIpc) is 2.96. The van der Waals surface area contributed by atoms with Gasteiger partial charge in [-0.1, -0.05) is 6.07 Å². The fourth-order valence-electron chi connectivity index (χ4n) is 1.72. The Morgan fingerprint density at radius 3 is 1.54 bits per heavy atom. The summed E-state index contributed by atoms with van der Waals surface area (Å²) < 4.78 is 0. The van der Waals surface area contributed by atoms with Gasteiger partial charge in [-0.25, -0.2) is 9.59 Å². The van der Waals surface area contributed by atoms with Crippen LogP contribution in [0.4, 0.5) is 0 Å². The molecule has 9 heteroatoms. The second-order valence-corrected chi connectivity index (χ2v) is 4.66. The Bertz CT molecular complexity index is 491. The lowest BCUT2D eigenvalue weighted by molar-refractivity contribution is -0.115. The van der Waals surface area contributed by atoms with E-state index < -0.39 is 11.9 Å². The number of halogens is 2. The summed E-state index contributed by atoms with van der Waals surface area (Å²) in [5, 5.41) is 20.6. The van der Waals surface area contributed by atoms with Crippen molar-refractivity contribution >= 4 is 42.7 Å². The van der Waals surface area contributed by atoms with Crippen LogP contribution in [0.1, 0.15) is 46.0 Å². The average molecular weight is 383 g/mol. The van der Waals surface area contributed by atoms with Crippen LogP contribution in [-0.4, -0.2) is 41.1 Å². The van der Waals surface area contributed by atoms with E-state index in [1.165, 1.54) is 58.0 Å². The van der Waals surface area contributed by atoms with Crippen molar-refractivity contribution < 1.29 is 24.6 Å². The van der Waals surface area contributed by atoms with Gasteiger partial charge in [0.25, 0.3) is 0 Å². The van der Waals surface area contributed by atoms with Crippen molar-refractivity contribution in [3.05, 3.63) is 34.9 Å². The molecule has 1 aliphatic rings. The van der Waals surface area contributed by atoms with E-state index in [1.54, 1.807) is 0 Å². The Hall–Kier alpha value is -1.83. The molecule has 0 spiro atoms. The molecule has 1 heterocycles. The Morgan fingerprint density at radius 2 is 1.33 bits per heavy atom. The molecular weight excluding hydrogens is 359 g/mol. The third-order valence-electron chi connectivity index (χ3n) is 2.75. The van der Waals surface area contributed by atoms with Crippen molar-refractivity contribution in [2.45, 2.75) is 26.7 Å². The summed E-state index contributed by atoms with van der Waals surface area (Å²) in [6.07, 6.45) is 2.78. The van der Waals surface area contributed by atoms with Gasteiger partial charge in [-0.2, -0.15) is 0 Å². The predicted octanol–water partition coefficient (Wildman–Crippen LogP) is 2.10. The number of aromatic carboxylic acids is 2. The minimum Gasteiger partial charge on any atom is -0.478 e. The van der Waals surface area contributed by atoms with Crippen LogP contribution in [0.3, 0.4) is 0 Å². The van der Waals surface area contributed by atoms with E-state index in [0.29, 0.717) is 0 Å². The molecule has 1 saturated heterocycles. The van der Waals surface area contributed by atoms with Gasteiger partial charge in [-0.15, -0.1) is 24.8 Å². The number of nitrogens with one attached hydrogen (secondary N) is 1. The van der Waals surface area contributed by atoms with Crippen LogP contribution in [0.5, 0.6) is 0 Å². The quantitative estimate of drug-likeness (QED) is 0.619. The highest BCUT2D eigenvalue weighted by molar-refractivity contribution is 5.96. The molecule has 0 unspecified atom stereocenters. The molecule has 1 aromatic rings. The van der Waals surface area contributed by atoms with Gasteiger partial charge in [0, 0.05) is 6.92 Å². The molecule has 1 fully saturated rings. The van der Waals surface area contributed by atoms with Gasteiger partial charge in [0.15, 0.2) is 0 Å². The first-order valence-corrected chi connectivity index (χ1v) is 6.80. The molecule has 0 atom stereocenters. The fraction of sp³-hybridized carbons (Fsp3) is 0.400. The minimum atomic E-state index is -1.11. The monoisotopic (exact) mass is 382 g/mol. The molecule has 0 aliphatic carbocycles. The number of carboxylic acid groups (broad SMARTS) is 2. The Morgan fingerprint density at radius 1 is 1.00 bits per heavy atom. The van der Waals surface area contributed by atoms with Crippen LogP contribution in [0.25, 0.3) is 0 Å². The lowest BCUT2D eigenvalue weighted by Gasteiger charge is -2.03. The van der Waals surface area contributed by atoms with E-state index in [2.05, 4.69) is 11.1 Å². The summed E-state index contributed by atoms with van der Waals surface area (Å²) in [6.45, 7) is 5.28. The summed E-state index contributed by atoms with van der Waals surface area (Å²) in [5.74, 6) is -2.55. The largest absolute Gasteiger partial charge is 0.478 e. The zero-order chi connectivity index (χ0) is 17.1. The molecule has 0 radical (unpaired) electrons. The normalized spacial score (nSPS) is 11.2. The van der Waals surface area contributed by atoms with Gasteiger partial charge in [0.05, 0.1) is 11.1 Å². The van der Waals surface area contributed by atoms with Gasteiger partial charge in [0.1, 0.15) is 0 Å². The van der Waals surface area contributed by atoms with Gasteiger partial charge >= 0.3 is 11.9 Å². The molecule has 138 valence electrons. The second-order valence-electron chi connectivity index (χ2n) is 4.66. The van der Waals surface area contributed by atoms with E-state index >= 15 is 0 Å². The summed E-state index contributed by atoms with van der Waals surface area (Å²) >= 11 is 0. The first-order chi connectivity index (χ1) is 10.3. The number of hydrogen-bond donors (Lipinski definition) is 4. The van der Waals surface area contributed by atoms with Gasteiger partial charge in [-0.3, -0.25) is 4.79 Å². The molecule has 0 bridgehead atoms. The van der Waals surface area contributed by atoms with Crippen molar-refractivity contribution in [1.29, 1.82) is 0 Å². The Balaban J connectivity index is -0.000000335. The van der Waals surface area contributed by atoms with E-state index in [1.807, 2.05) is 0 Å². The first kappa shape index (κ1) is 27.0. The third-order valence-corrected chi connectivity index (χ3v) is 2.75. The van der Waals surface area contributed by atoms with E-state index in [4.69, 9.17) is 10.2 Å². The SMILES string of the molecule is C1CCNC1.CC(N)=O.Cc1c(C(=O)O)cccc1C(=O)O.Cl.Cl. The molecule has 0 saturated carbocycles. The van der Waals surface area contributed by atoms with Crippen LogP contribution in [0.2, 0.25) is 0 Å². The minimum absolute atomic E-state index is 0. The fourth-order valence-corrected chi connectivity index (χ4v) is 1.72. The van der Waals surface area contributed by atoms with Crippen molar-refractivity contribution in [3.8, 4) is 0 Å². The smallest absolute Gasteiger partial charge is 0.335 e. The summed E-state index contributed by atoms with van der Waals surface area (Å²) in [6, 6.07) is 4.17. The summed E-state index contributed by atoms with van der Waals surface area (Å²) in [7, 11) is 0. The number of rotatable bonds is 2. The molecular formula is C15H24Cl2N2O5. The number of nitrogens with two attached hydrogens (primary N) is 1. The van der Waals surface area contributed by atoms with Crippen LogP contribution in [0.15, 0.2) is 18.2 Å². The van der Waals surface area contributed by atoms with Gasteiger partial charge in [-0.05, 0) is 50.6 Å². The van der Waals surface area contributed by atoms with Gasteiger partial charge < -0.3 is 21.3 Å². The molecule has 1 aliphatic heterocycles. The summed E-state index contributed by atoms with van der Waals surface area (Å²) in [4.78, 5) is 30.4. The zero-order valence-corrected chi connectivity index (χ0v) is 15.2. The number of benzene rings is 1. The van der Waals surface area contributed by atoms with Crippen molar-refractivity contribution in [2.75, 3.05) is 13.1 Å². The van der Waals surface area contributed by atoms with Crippen LogP contribution >= 0.6 is 24.8 Å². The molecule has 2 rings (SSSR count). The van der Waals surface area contributed by atoms with E-state index in [0.717, 1.165) is 0 Å². The van der Waals surface area contributed by atoms with Crippen molar-refractivity contribution in [3.63, 3.8) is 0 Å². The van der Waals surface area contributed by atoms with Crippen molar-refractivity contribution in [1.82, 2.24) is 5.32 Å². The van der Waals surface area contributed by atoms with E-state index in [9.17, 15) is 14.4 Å². The molecule has 24 heavy (non-hydrogen) atoms. The van der Waals surface area contributed by atoms with Crippen LogP contribution in [-0.2, 0) is 4.79 Å². The number of primary amides is 1. The molecule has 5 N–H and O–H groups in total. The first-order valence-electron chi connectivity index (χ1n) is 6.80. The highest BCUT2D eigenvalue weighted by atomic mass is 35.5. The van der Waals surface area contributed by atoms with Gasteiger partial charge in [0.2, 0.25) is 5.91 Å². The molecule has 0 aromatic heterocycles. The second kappa shape index (κ2) is 14.7. The van der Waals surface area contributed by atoms with Crippen molar-refractivity contribution in [2.24, 2.45) is 5.73 Å². The maximum atomic E-state index is 10.6. The topological polar surface area (TPSA) is 130 Å². The molecule has 1 aromatic carbocycles. The predicted molar refractivity (Wildman–Crippen MR) is 96.6 cm³/mol. The lowest BCUT2D eigenvalue weighted by atomic mass is 10.0. The lowest BCUT2D eigenvalue weighted by Crippen LogP contribution is -2.06. The third kappa shape index (κ3) is 11.7. The highest BCUT2D eigenvalue weighted by Crippen LogP contribution is 2.13. The maximum Gasteiger partial charge on any atom is 0.335 e. The standard InChI is InChI=1S/C9H8O4.C4H9N.C2H5NO.2ClH/c1-5-6(8(10)11)3-2-4-7(5)9(12)13;1-2-4-5-3-1;1-2(3)4;;/h2-4H,1H3,(H,10,11)(H,12,13);5H,1-4H2;1H3,(H2,3,4);2*1H. The molecule has 7 nitrogen and oxygen atoms in total.